The average molecular weight is 255 g/mol. The van der Waals surface area contributed by atoms with Gasteiger partial charge in [0.05, 0.1) is 0 Å². The fourth-order valence-electron chi connectivity index (χ4n) is 3.45. The van der Waals surface area contributed by atoms with Gasteiger partial charge < -0.3 is 10.3 Å². The second-order valence-corrected chi connectivity index (χ2v) is 6.13. The molecule has 1 aromatic heterocycles. The van der Waals surface area contributed by atoms with Crippen molar-refractivity contribution < 1.29 is 0 Å². The standard InChI is InChI=1S/C16H21N3/c1-11-8-14(10-19(11)15-3-4-15)18-13-2-5-16-12(9-13)6-7-17-16/h2,5-7,9,11,14-15,17-18H,3-4,8,10H2,1H3. The summed E-state index contributed by atoms with van der Waals surface area (Å²) in [4.78, 5) is 5.93. The molecule has 1 aliphatic carbocycles. The van der Waals surface area contributed by atoms with Gasteiger partial charge in [0, 0.05) is 47.5 Å². The number of likely N-dealkylation sites (tertiary alicyclic amines) is 1. The molecule has 0 amide bonds. The summed E-state index contributed by atoms with van der Waals surface area (Å²) in [6, 6.07) is 10.9. The lowest BCUT2D eigenvalue weighted by molar-refractivity contribution is 0.257. The Hall–Kier alpha value is -1.48. The van der Waals surface area contributed by atoms with Crippen LogP contribution in [0.1, 0.15) is 26.2 Å². The van der Waals surface area contributed by atoms with Crippen molar-refractivity contribution in [2.75, 3.05) is 11.9 Å². The molecule has 0 bridgehead atoms. The largest absolute Gasteiger partial charge is 0.381 e. The molecule has 2 aromatic rings. The van der Waals surface area contributed by atoms with Crippen molar-refractivity contribution in [1.82, 2.24) is 9.88 Å². The minimum Gasteiger partial charge on any atom is -0.381 e. The molecule has 0 spiro atoms. The lowest BCUT2D eigenvalue weighted by atomic mass is 10.1. The van der Waals surface area contributed by atoms with Crippen molar-refractivity contribution in [1.29, 1.82) is 0 Å². The molecule has 1 aliphatic heterocycles. The Bertz CT molecular complexity index is 584. The fraction of sp³-hybridized carbons (Fsp3) is 0.500. The van der Waals surface area contributed by atoms with Crippen molar-refractivity contribution in [3.63, 3.8) is 0 Å². The van der Waals surface area contributed by atoms with Gasteiger partial charge in [0.1, 0.15) is 0 Å². The summed E-state index contributed by atoms with van der Waals surface area (Å²) >= 11 is 0. The molecule has 2 heterocycles. The lowest BCUT2D eigenvalue weighted by Crippen LogP contribution is -2.30. The van der Waals surface area contributed by atoms with E-state index in [0.29, 0.717) is 6.04 Å². The summed E-state index contributed by atoms with van der Waals surface area (Å²) in [6.07, 6.45) is 6.08. The van der Waals surface area contributed by atoms with Gasteiger partial charge in [-0.2, -0.15) is 0 Å². The smallest absolute Gasteiger partial charge is 0.0455 e. The minimum absolute atomic E-state index is 0.604. The molecule has 2 N–H and O–H groups in total. The predicted octanol–water partition coefficient (Wildman–Crippen LogP) is 3.21. The number of fused-ring (bicyclic) bond motifs is 1. The van der Waals surface area contributed by atoms with Crippen LogP contribution in [0.3, 0.4) is 0 Å². The van der Waals surface area contributed by atoms with E-state index in [0.717, 1.165) is 12.1 Å². The molecule has 0 radical (unpaired) electrons. The number of benzene rings is 1. The fourth-order valence-corrected chi connectivity index (χ4v) is 3.45. The predicted molar refractivity (Wildman–Crippen MR) is 79.5 cm³/mol. The number of nitrogens with zero attached hydrogens (tertiary/aromatic N) is 1. The van der Waals surface area contributed by atoms with Gasteiger partial charge in [-0.25, -0.2) is 0 Å². The van der Waals surface area contributed by atoms with Crippen molar-refractivity contribution in [2.45, 2.75) is 44.3 Å². The summed E-state index contributed by atoms with van der Waals surface area (Å²) in [5.41, 5.74) is 2.46. The summed E-state index contributed by atoms with van der Waals surface area (Å²) in [5, 5.41) is 5.00. The van der Waals surface area contributed by atoms with Crippen LogP contribution < -0.4 is 5.32 Å². The highest BCUT2D eigenvalue weighted by Crippen LogP contribution is 2.34. The Morgan fingerprint density at radius 1 is 1.26 bits per heavy atom. The van der Waals surface area contributed by atoms with Crippen molar-refractivity contribution in [3.8, 4) is 0 Å². The number of anilines is 1. The van der Waals surface area contributed by atoms with Crippen LogP contribution in [-0.2, 0) is 0 Å². The highest BCUT2D eigenvalue weighted by atomic mass is 15.3. The maximum absolute atomic E-state index is 3.71. The number of nitrogens with one attached hydrogen (secondary N) is 2. The molecular weight excluding hydrogens is 234 g/mol. The first kappa shape index (κ1) is 11.4. The van der Waals surface area contributed by atoms with Gasteiger partial charge in [-0.05, 0) is 50.5 Å². The van der Waals surface area contributed by atoms with Crippen LogP contribution in [-0.4, -0.2) is 34.6 Å². The Balaban J connectivity index is 1.48. The van der Waals surface area contributed by atoms with E-state index in [-0.39, 0.29) is 0 Å². The summed E-state index contributed by atoms with van der Waals surface area (Å²) in [6.45, 7) is 3.58. The number of hydrogen-bond donors (Lipinski definition) is 2. The average Bonchev–Trinajstić information content (AvgIpc) is 3.02. The highest BCUT2D eigenvalue weighted by molar-refractivity contribution is 5.83. The third-order valence-electron chi connectivity index (χ3n) is 4.56. The summed E-state index contributed by atoms with van der Waals surface area (Å²) in [5.74, 6) is 0. The Morgan fingerprint density at radius 2 is 2.16 bits per heavy atom. The molecule has 2 unspecified atom stereocenters. The second-order valence-electron chi connectivity index (χ2n) is 6.13. The van der Waals surface area contributed by atoms with Crippen LogP contribution in [0.4, 0.5) is 5.69 Å². The Morgan fingerprint density at radius 3 is 3.00 bits per heavy atom. The van der Waals surface area contributed by atoms with Crippen LogP contribution in [0.15, 0.2) is 30.5 Å². The Kier molecular flexibility index (Phi) is 2.55. The molecule has 2 atom stereocenters. The molecule has 2 fully saturated rings. The van der Waals surface area contributed by atoms with Crippen molar-refractivity contribution >= 4 is 16.6 Å². The maximum atomic E-state index is 3.71. The zero-order valence-electron chi connectivity index (χ0n) is 11.4. The second kappa shape index (κ2) is 4.27. The van der Waals surface area contributed by atoms with Gasteiger partial charge >= 0.3 is 0 Å². The van der Waals surface area contributed by atoms with E-state index in [9.17, 15) is 0 Å². The van der Waals surface area contributed by atoms with Gasteiger partial charge in [0.15, 0.2) is 0 Å². The van der Waals surface area contributed by atoms with E-state index >= 15 is 0 Å². The number of rotatable bonds is 3. The van der Waals surface area contributed by atoms with Crippen LogP contribution in [0.2, 0.25) is 0 Å². The third-order valence-corrected chi connectivity index (χ3v) is 4.56. The van der Waals surface area contributed by atoms with Crippen LogP contribution in [0.25, 0.3) is 10.9 Å². The third kappa shape index (κ3) is 2.12. The summed E-state index contributed by atoms with van der Waals surface area (Å²) in [7, 11) is 0. The number of hydrogen-bond acceptors (Lipinski definition) is 2. The van der Waals surface area contributed by atoms with E-state index in [1.54, 1.807) is 0 Å². The number of aromatic amines is 1. The molecule has 100 valence electrons. The van der Waals surface area contributed by atoms with Gasteiger partial charge in [0.2, 0.25) is 0 Å². The molecule has 4 rings (SSSR count). The van der Waals surface area contributed by atoms with E-state index in [1.165, 1.54) is 42.4 Å². The quantitative estimate of drug-likeness (QED) is 0.882. The monoisotopic (exact) mass is 255 g/mol. The van der Waals surface area contributed by atoms with E-state index in [1.807, 2.05) is 6.20 Å². The Labute approximate surface area is 114 Å². The topological polar surface area (TPSA) is 31.1 Å². The molecule has 3 nitrogen and oxygen atoms in total. The van der Waals surface area contributed by atoms with E-state index < -0.39 is 0 Å². The molecule has 3 heteroatoms. The SMILES string of the molecule is CC1CC(Nc2ccc3[nH]ccc3c2)CN1C1CC1. The maximum Gasteiger partial charge on any atom is 0.0455 e. The molecule has 1 saturated heterocycles. The van der Waals surface area contributed by atoms with Gasteiger partial charge in [-0.3, -0.25) is 4.90 Å². The van der Waals surface area contributed by atoms with Crippen LogP contribution in [0, 0.1) is 0 Å². The van der Waals surface area contributed by atoms with Crippen molar-refractivity contribution in [3.05, 3.63) is 30.5 Å². The highest BCUT2D eigenvalue weighted by Gasteiger charge is 2.38. The van der Waals surface area contributed by atoms with Crippen LogP contribution >= 0.6 is 0 Å². The van der Waals surface area contributed by atoms with Gasteiger partial charge in [0.25, 0.3) is 0 Å². The van der Waals surface area contributed by atoms with E-state index in [2.05, 4.69) is 46.4 Å². The first-order valence-corrected chi connectivity index (χ1v) is 7.39. The first-order valence-electron chi connectivity index (χ1n) is 7.39. The van der Waals surface area contributed by atoms with Gasteiger partial charge in [-0.15, -0.1) is 0 Å². The molecular formula is C16H21N3. The number of aromatic nitrogens is 1. The molecule has 19 heavy (non-hydrogen) atoms. The summed E-state index contributed by atoms with van der Waals surface area (Å²) < 4.78 is 0. The molecule has 1 saturated carbocycles. The molecule has 2 aliphatic rings. The molecule has 1 aromatic carbocycles. The minimum atomic E-state index is 0.604. The van der Waals surface area contributed by atoms with Crippen LogP contribution in [0.5, 0.6) is 0 Å². The zero-order valence-corrected chi connectivity index (χ0v) is 11.4. The lowest BCUT2D eigenvalue weighted by Gasteiger charge is -2.20. The normalized spacial score (nSPS) is 28.1. The van der Waals surface area contributed by atoms with Crippen molar-refractivity contribution in [2.24, 2.45) is 0 Å². The van der Waals surface area contributed by atoms with Gasteiger partial charge in [-0.1, -0.05) is 0 Å². The zero-order chi connectivity index (χ0) is 12.8. The number of H-pyrrole nitrogens is 1. The van der Waals surface area contributed by atoms with E-state index in [4.69, 9.17) is 0 Å². The first-order chi connectivity index (χ1) is 9.29.